The molecule has 4 heteroatoms. The molecular weight excluding hydrogens is 212 g/mol. The van der Waals surface area contributed by atoms with E-state index in [0.717, 1.165) is 16.7 Å². The first-order valence-electron chi connectivity index (χ1n) is 4.65. The van der Waals surface area contributed by atoms with Crippen LogP contribution in [0.15, 0.2) is 12.1 Å². The molecule has 0 saturated carbocycles. The number of rotatable bonds is 3. The van der Waals surface area contributed by atoms with Crippen molar-refractivity contribution in [1.29, 1.82) is 0 Å². The fraction of sp³-hybridized carbons (Fsp3) is 0.455. The minimum Gasteiger partial charge on any atom is -0.496 e. The number of ether oxygens (including phenoxy) is 1. The van der Waals surface area contributed by atoms with Gasteiger partial charge in [0.15, 0.2) is 9.84 Å². The van der Waals surface area contributed by atoms with E-state index in [9.17, 15) is 8.42 Å². The highest BCUT2D eigenvalue weighted by Gasteiger charge is 2.12. The summed E-state index contributed by atoms with van der Waals surface area (Å²) in [6.07, 6.45) is 1.23. The van der Waals surface area contributed by atoms with Gasteiger partial charge in [-0.25, -0.2) is 8.42 Å². The maximum atomic E-state index is 11.2. The smallest absolute Gasteiger partial charge is 0.151 e. The highest BCUT2D eigenvalue weighted by molar-refractivity contribution is 7.89. The first-order valence-corrected chi connectivity index (χ1v) is 6.71. The quantitative estimate of drug-likeness (QED) is 0.793. The third-order valence-electron chi connectivity index (χ3n) is 2.12. The van der Waals surface area contributed by atoms with Gasteiger partial charge in [-0.05, 0) is 19.4 Å². The van der Waals surface area contributed by atoms with Crippen molar-refractivity contribution in [2.45, 2.75) is 19.6 Å². The average molecular weight is 228 g/mol. The van der Waals surface area contributed by atoms with E-state index in [1.165, 1.54) is 6.26 Å². The molecule has 0 unspecified atom stereocenters. The van der Waals surface area contributed by atoms with Crippen molar-refractivity contribution in [2.24, 2.45) is 0 Å². The predicted molar refractivity (Wildman–Crippen MR) is 61.0 cm³/mol. The lowest BCUT2D eigenvalue weighted by atomic mass is 10.1. The van der Waals surface area contributed by atoms with Gasteiger partial charge >= 0.3 is 0 Å². The molecule has 15 heavy (non-hydrogen) atoms. The molecule has 84 valence electrons. The van der Waals surface area contributed by atoms with E-state index in [1.54, 1.807) is 7.11 Å². The summed E-state index contributed by atoms with van der Waals surface area (Å²) < 4.78 is 27.7. The Hall–Kier alpha value is -1.03. The largest absolute Gasteiger partial charge is 0.496 e. The standard InChI is InChI=1S/C11H16O3S/c1-8-5-9(2)11(14-3)10(6-8)7-15(4,12)13/h5-6H,7H2,1-4H3. The number of benzene rings is 1. The van der Waals surface area contributed by atoms with E-state index < -0.39 is 9.84 Å². The Kier molecular flexibility index (Phi) is 3.39. The zero-order valence-corrected chi connectivity index (χ0v) is 10.3. The monoisotopic (exact) mass is 228 g/mol. The van der Waals surface area contributed by atoms with Crippen molar-refractivity contribution in [3.05, 3.63) is 28.8 Å². The molecule has 1 aromatic carbocycles. The molecule has 0 bridgehead atoms. The molecule has 0 fully saturated rings. The molecule has 0 amide bonds. The third-order valence-corrected chi connectivity index (χ3v) is 2.95. The van der Waals surface area contributed by atoms with Crippen molar-refractivity contribution in [1.82, 2.24) is 0 Å². The van der Waals surface area contributed by atoms with E-state index in [2.05, 4.69) is 0 Å². The first-order chi connectivity index (χ1) is 6.83. The summed E-state index contributed by atoms with van der Waals surface area (Å²) >= 11 is 0. The molecular formula is C11H16O3S. The number of hydrogen-bond donors (Lipinski definition) is 0. The topological polar surface area (TPSA) is 43.4 Å². The average Bonchev–Trinajstić information content (AvgIpc) is 1.99. The molecule has 1 aromatic rings. The molecule has 0 saturated heterocycles. The summed E-state index contributed by atoms with van der Waals surface area (Å²) in [5.74, 6) is 0.699. The van der Waals surface area contributed by atoms with Crippen LogP contribution in [0.1, 0.15) is 16.7 Å². The van der Waals surface area contributed by atoms with E-state index in [0.29, 0.717) is 5.75 Å². The van der Waals surface area contributed by atoms with Crippen LogP contribution in [-0.2, 0) is 15.6 Å². The summed E-state index contributed by atoms with van der Waals surface area (Å²) in [4.78, 5) is 0. The summed E-state index contributed by atoms with van der Waals surface area (Å²) in [7, 11) is -1.46. The van der Waals surface area contributed by atoms with Crippen LogP contribution in [0, 0.1) is 13.8 Å². The number of methoxy groups -OCH3 is 1. The van der Waals surface area contributed by atoms with E-state index >= 15 is 0 Å². The molecule has 0 spiro atoms. The van der Waals surface area contributed by atoms with Gasteiger partial charge in [0.05, 0.1) is 12.9 Å². The molecule has 3 nitrogen and oxygen atoms in total. The normalized spacial score (nSPS) is 11.5. The number of aryl methyl sites for hydroxylation is 2. The van der Waals surface area contributed by atoms with Crippen LogP contribution in [0.4, 0.5) is 0 Å². The maximum Gasteiger partial charge on any atom is 0.151 e. The van der Waals surface area contributed by atoms with Gasteiger partial charge in [0.2, 0.25) is 0 Å². The van der Waals surface area contributed by atoms with Crippen LogP contribution in [0.5, 0.6) is 5.75 Å². The first kappa shape index (κ1) is 12.0. The molecule has 0 radical (unpaired) electrons. The molecule has 0 aliphatic rings. The molecule has 0 aliphatic carbocycles. The van der Waals surface area contributed by atoms with Gasteiger partial charge in [0.1, 0.15) is 5.75 Å². The zero-order chi connectivity index (χ0) is 11.6. The van der Waals surface area contributed by atoms with Crippen molar-refractivity contribution in [3.63, 3.8) is 0 Å². The molecule has 0 atom stereocenters. The minimum atomic E-state index is -3.02. The highest BCUT2D eigenvalue weighted by atomic mass is 32.2. The van der Waals surface area contributed by atoms with E-state index in [-0.39, 0.29) is 5.75 Å². The van der Waals surface area contributed by atoms with Crippen molar-refractivity contribution in [3.8, 4) is 5.75 Å². The van der Waals surface area contributed by atoms with Crippen LogP contribution < -0.4 is 4.74 Å². The lowest BCUT2D eigenvalue weighted by Gasteiger charge is -2.11. The lowest BCUT2D eigenvalue weighted by molar-refractivity contribution is 0.407. The third kappa shape index (κ3) is 3.23. The molecule has 0 heterocycles. The number of hydrogen-bond acceptors (Lipinski definition) is 3. The summed E-state index contributed by atoms with van der Waals surface area (Å²) in [5, 5.41) is 0. The van der Waals surface area contributed by atoms with Crippen LogP contribution in [-0.4, -0.2) is 21.8 Å². The van der Waals surface area contributed by atoms with Gasteiger partial charge in [-0.3, -0.25) is 0 Å². The Balaban J connectivity index is 3.27. The zero-order valence-electron chi connectivity index (χ0n) is 9.49. The summed E-state index contributed by atoms with van der Waals surface area (Å²) in [6, 6.07) is 3.83. The van der Waals surface area contributed by atoms with Gasteiger partial charge in [-0.2, -0.15) is 0 Å². The maximum absolute atomic E-state index is 11.2. The van der Waals surface area contributed by atoms with Crippen LogP contribution in [0.2, 0.25) is 0 Å². The van der Waals surface area contributed by atoms with Gasteiger partial charge in [0.25, 0.3) is 0 Å². The Morgan fingerprint density at radius 3 is 2.33 bits per heavy atom. The van der Waals surface area contributed by atoms with Gasteiger partial charge in [-0.1, -0.05) is 17.7 Å². The van der Waals surface area contributed by atoms with Gasteiger partial charge in [0, 0.05) is 11.8 Å². The highest BCUT2D eigenvalue weighted by Crippen LogP contribution is 2.26. The Labute approximate surface area is 91.0 Å². The van der Waals surface area contributed by atoms with Gasteiger partial charge in [-0.15, -0.1) is 0 Å². The Morgan fingerprint density at radius 2 is 1.87 bits per heavy atom. The molecule has 0 aliphatic heterocycles. The number of sulfone groups is 1. The second-order valence-corrected chi connectivity index (χ2v) is 5.98. The van der Waals surface area contributed by atoms with Crippen LogP contribution in [0.25, 0.3) is 0 Å². The summed E-state index contributed by atoms with van der Waals surface area (Å²) in [6.45, 7) is 3.86. The Morgan fingerprint density at radius 1 is 1.27 bits per heavy atom. The van der Waals surface area contributed by atoms with Crippen LogP contribution >= 0.6 is 0 Å². The summed E-state index contributed by atoms with van der Waals surface area (Å²) in [5.41, 5.74) is 2.75. The van der Waals surface area contributed by atoms with Crippen molar-refractivity contribution < 1.29 is 13.2 Å². The second kappa shape index (κ2) is 4.23. The SMILES string of the molecule is COc1c(C)cc(C)cc1CS(C)(=O)=O. The van der Waals surface area contributed by atoms with Crippen molar-refractivity contribution >= 4 is 9.84 Å². The lowest BCUT2D eigenvalue weighted by Crippen LogP contribution is -2.04. The Bertz CT molecular complexity index is 461. The molecule has 0 N–H and O–H groups in total. The predicted octanol–water partition coefficient (Wildman–Crippen LogP) is 1.86. The van der Waals surface area contributed by atoms with Crippen molar-refractivity contribution in [2.75, 3.05) is 13.4 Å². The van der Waals surface area contributed by atoms with Gasteiger partial charge < -0.3 is 4.74 Å². The molecule has 0 aromatic heterocycles. The van der Waals surface area contributed by atoms with E-state index in [1.807, 2.05) is 26.0 Å². The fourth-order valence-electron chi connectivity index (χ4n) is 1.72. The van der Waals surface area contributed by atoms with E-state index in [4.69, 9.17) is 4.74 Å². The minimum absolute atomic E-state index is 0.0265. The fourth-order valence-corrected chi connectivity index (χ4v) is 2.50. The second-order valence-electron chi connectivity index (χ2n) is 3.84. The molecule has 1 rings (SSSR count). The van der Waals surface area contributed by atoms with Crippen LogP contribution in [0.3, 0.4) is 0 Å².